The highest BCUT2D eigenvalue weighted by Gasteiger charge is 2.30. The molecule has 0 spiro atoms. The predicted octanol–water partition coefficient (Wildman–Crippen LogP) is 5.04. The molecule has 0 bridgehead atoms. The van der Waals surface area contributed by atoms with Crippen LogP contribution in [0, 0.1) is 24.4 Å². The van der Waals surface area contributed by atoms with Crippen molar-refractivity contribution in [2.75, 3.05) is 51.4 Å². The number of carbonyl (C=O) groups is 1. The van der Waals surface area contributed by atoms with Gasteiger partial charge in [0.15, 0.2) is 17.5 Å². The second-order valence-electron chi connectivity index (χ2n) is 10.6. The standard InChI is InChI=1S/C28H35F3N2O5/c1-17-21-7-9-32(27(34)38-28(2,3)4)8-6-18(21)12-24-26(17)33(10-11-36-24)15-20(16-35-5)37-19-13-22(29)25(31)23(30)14-19/h12-14,20H,6-11,15-16H2,1-5H3. The fourth-order valence-corrected chi connectivity index (χ4v) is 4.99. The van der Waals surface area contributed by atoms with Crippen molar-refractivity contribution < 1.29 is 36.9 Å². The van der Waals surface area contributed by atoms with Gasteiger partial charge in [-0.2, -0.15) is 0 Å². The first-order valence-corrected chi connectivity index (χ1v) is 12.8. The van der Waals surface area contributed by atoms with E-state index in [-0.39, 0.29) is 18.4 Å². The number of hydrogen-bond acceptors (Lipinski definition) is 6. The summed E-state index contributed by atoms with van der Waals surface area (Å²) in [4.78, 5) is 16.5. The Morgan fingerprint density at radius 3 is 2.42 bits per heavy atom. The van der Waals surface area contributed by atoms with Gasteiger partial charge in [0.05, 0.1) is 25.4 Å². The summed E-state index contributed by atoms with van der Waals surface area (Å²) >= 11 is 0. The van der Waals surface area contributed by atoms with Gasteiger partial charge in [-0.1, -0.05) is 0 Å². The maximum Gasteiger partial charge on any atom is 0.410 e. The SMILES string of the molecule is COCC(CN1CCOc2cc3c(c(C)c21)CCN(C(=O)OC(C)(C)C)CC3)Oc1cc(F)c(F)c(F)c1. The van der Waals surface area contributed by atoms with Crippen molar-refractivity contribution in [1.82, 2.24) is 4.90 Å². The van der Waals surface area contributed by atoms with Gasteiger partial charge >= 0.3 is 6.09 Å². The zero-order valence-corrected chi connectivity index (χ0v) is 22.5. The topological polar surface area (TPSA) is 60.5 Å². The van der Waals surface area contributed by atoms with Gasteiger partial charge in [-0.15, -0.1) is 0 Å². The van der Waals surface area contributed by atoms with Crippen LogP contribution in [-0.2, 0) is 22.3 Å². The number of hydrogen-bond donors (Lipinski definition) is 0. The van der Waals surface area contributed by atoms with Crippen LogP contribution in [0.3, 0.4) is 0 Å². The first-order chi connectivity index (χ1) is 18.0. The van der Waals surface area contributed by atoms with E-state index in [4.69, 9.17) is 18.9 Å². The Balaban J connectivity index is 1.55. The molecular weight excluding hydrogens is 501 g/mol. The van der Waals surface area contributed by atoms with E-state index in [9.17, 15) is 18.0 Å². The molecule has 10 heteroatoms. The van der Waals surface area contributed by atoms with Crippen molar-refractivity contribution in [2.24, 2.45) is 0 Å². The molecule has 0 aliphatic carbocycles. The largest absolute Gasteiger partial charge is 0.490 e. The summed E-state index contributed by atoms with van der Waals surface area (Å²) in [5.74, 6) is -3.53. The lowest BCUT2D eigenvalue weighted by Crippen LogP contribution is -2.43. The molecule has 1 amide bonds. The molecular formula is C28H35F3N2O5. The number of ether oxygens (including phenoxy) is 4. The molecule has 1 atom stereocenters. The van der Waals surface area contributed by atoms with E-state index in [2.05, 4.69) is 4.90 Å². The van der Waals surface area contributed by atoms with E-state index in [1.54, 1.807) is 4.90 Å². The summed E-state index contributed by atoms with van der Waals surface area (Å²) in [5.41, 5.74) is 3.71. The number of anilines is 1. The smallest absolute Gasteiger partial charge is 0.410 e. The van der Waals surface area contributed by atoms with Gasteiger partial charge < -0.3 is 28.7 Å². The molecule has 1 unspecified atom stereocenters. The first-order valence-electron chi connectivity index (χ1n) is 12.8. The summed E-state index contributed by atoms with van der Waals surface area (Å²) in [6, 6.07) is 3.70. The van der Waals surface area contributed by atoms with Gasteiger partial charge in [0.25, 0.3) is 0 Å². The van der Waals surface area contributed by atoms with Crippen LogP contribution in [0.1, 0.15) is 37.5 Å². The Morgan fingerprint density at radius 1 is 1.08 bits per heavy atom. The third-order valence-electron chi connectivity index (χ3n) is 6.64. The second kappa shape index (κ2) is 11.3. The second-order valence-corrected chi connectivity index (χ2v) is 10.6. The maximum absolute atomic E-state index is 13.8. The molecule has 4 rings (SSSR count). The molecule has 2 aliphatic rings. The number of amides is 1. The van der Waals surface area contributed by atoms with Crippen LogP contribution in [-0.4, -0.2) is 69.2 Å². The highest BCUT2D eigenvalue weighted by Crippen LogP contribution is 2.40. The lowest BCUT2D eigenvalue weighted by atomic mass is 9.94. The van der Waals surface area contributed by atoms with Crippen molar-refractivity contribution in [3.63, 3.8) is 0 Å². The average Bonchev–Trinajstić information content (AvgIpc) is 3.05. The highest BCUT2D eigenvalue weighted by molar-refractivity contribution is 5.71. The summed E-state index contributed by atoms with van der Waals surface area (Å²) in [6.45, 7) is 10.2. The molecule has 2 heterocycles. The molecule has 0 radical (unpaired) electrons. The molecule has 0 saturated heterocycles. The van der Waals surface area contributed by atoms with Crippen molar-refractivity contribution in [3.05, 3.63) is 52.3 Å². The van der Waals surface area contributed by atoms with Gasteiger partial charge in [0.1, 0.15) is 29.8 Å². The number of benzene rings is 2. The average molecular weight is 537 g/mol. The van der Waals surface area contributed by atoms with Crippen molar-refractivity contribution in [1.29, 1.82) is 0 Å². The molecule has 208 valence electrons. The number of nitrogens with zero attached hydrogens (tertiary/aromatic N) is 2. The molecule has 0 saturated carbocycles. The minimum absolute atomic E-state index is 0.113. The zero-order valence-electron chi connectivity index (χ0n) is 22.5. The van der Waals surface area contributed by atoms with Crippen LogP contribution in [0.25, 0.3) is 0 Å². The van der Waals surface area contributed by atoms with Gasteiger partial charge in [0.2, 0.25) is 0 Å². The summed E-state index contributed by atoms with van der Waals surface area (Å²) in [7, 11) is 1.51. The van der Waals surface area contributed by atoms with Gasteiger partial charge in [-0.05, 0) is 63.3 Å². The fourth-order valence-electron chi connectivity index (χ4n) is 4.99. The van der Waals surface area contributed by atoms with Crippen LogP contribution in [0.2, 0.25) is 0 Å². The maximum atomic E-state index is 13.8. The Kier molecular flexibility index (Phi) is 8.30. The predicted molar refractivity (Wildman–Crippen MR) is 137 cm³/mol. The third kappa shape index (κ3) is 6.28. The van der Waals surface area contributed by atoms with Crippen LogP contribution in [0.15, 0.2) is 18.2 Å². The van der Waals surface area contributed by atoms with Crippen LogP contribution >= 0.6 is 0 Å². The number of halogens is 3. The lowest BCUT2D eigenvalue weighted by molar-refractivity contribution is 0.0258. The molecule has 2 aromatic rings. The number of fused-ring (bicyclic) bond motifs is 2. The highest BCUT2D eigenvalue weighted by atomic mass is 19.2. The van der Waals surface area contributed by atoms with Crippen molar-refractivity contribution >= 4 is 11.8 Å². The molecule has 38 heavy (non-hydrogen) atoms. The fraction of sp³-hybridized carbons (Fsp3) is 0.536. The van der Waals surface area contributed by atoms with E-state index in [1.807, 2.05) is 33.8 Å². The quantitative estimate of drug-likeness (QED) is 0.482. The minimum Gasteiger partial charge on any atom is -0.490 e. The minimum atomic E-state index is -1.54. The number of carbonyl (C=O) groups excluding carboxylic acids is 1. The number of rotatable bonds is 6. The van der Waals surface area contributed by atoms with E-state index in [0.717, 1.165) is 40.3 Å². The monoisotopic (exact) mass is 536 g/mol. The zero-order chi connectivity index (χ0) is 27.6. The molecule has 0 aromatic heterocycles. The molecule has 7 nitrogen and oxygen atoms in total. The van der Waals surface area contributed by atoms with Crippen molar-refractivity contribution in [3.8, 4) is 11.5 Å². The summed E-state index contributed by atoms with van der Waals surface area (Å²) in [6.07, 6.45) is 0.450. The normalized spacial score (nSPS) is 16.2. The Hall–Kier alpha value is -3.14. The Morgan fingerprint density at radius 2 is 1.76 bits per heavy atom. The van der Waals surface area contributed by atoms with Crippen LogP contribution < -0.4 is 14.4 Å². The molecule has 0 N–H and O–H groups in total. The Labute approximate surface area is 221 Å². The van der Waals surface area contributed by atoms with E-state index >= 15 is 0 Å². The van der Waals surface area contributed by atoms with Gasteiger partial charge in [-0.3, -0.25) is 0 Å². The van der Waals surface area contributed by atoms with Gasteiger partial charge in [0, 0.05) is 32.3 Å². The van der Waals surface area contributed by atoms with Gasteiger partial charge in [-0.25, -0.2) is 18.0 Å². The van der Waals surface area contributed by atoms with E-state index < -0.39 is 29.2 Å². The number of methoxy groups -OCH3 is 1. The third-order valence-corrected chi connectivity index (χ3v) is 6.64. The lowest BCUT2D eigenvalue weighted by Gasteiger charge is -2.36. The summed E-state index contributed by atoms with van der Waals surface area (Å²) in [5, 5.41) is 0. The first kappa shape index (κ1) is 27.9. The molecule has 2 aromatic carbocycles. The Bertz CT molecular complexity index is 1160. The van der Waals surface area contributed by atoms with Crippen LogP contribution in [0.5, 0.6) is 11.5 Å². The molecule has 0 fully saturated rings. The molecule has 2 aliphatic heterocycles. The van der Waals surface area contributed by atoms with E-state index in [1.165, 1.54) is 7.11 Å². The van der Waals surface area contributed by atoms with E-state index in [0.29, 0.717) is 45.6 Å². The van der Waals surface area contributed by atoms with Crippen molar-refractivity contribution in [2.45, 2.75) is 52.2 Å². The summed E-state index contributed by atoms with van der Waals surface area (Å²) < 4.78 is 63.6. The van der Waals surface area contributed by atoms with Crippen LogP contribution in [0.4, 0.5) is 23.7 Å².